The highest BCUT2D eigenvalue weighted by atomic mass is 32.2. The Balaban J connectivity index is 2.09. The smallest absolute Gasteiger partial charge is 0.197 e. The third kappa shape index (κ3) is 2.91. The van der Waals surface area contributed by atoms with Gasteiger partial charge in [0, 0.05) is 11.9 Å². The van der Waals surface area contributed by atoms with E-state index in [-0.39, 0.29) is 28.7 Å². The molecule has 4 atom stereocenters. The highest BCUT2D eigenvalue weighted by Gasteiger charge is 2.47. The van der Waals surface area contributed by atoms with Gasteiger partial charge in [-0.05, 0) is 24.7 Å². The Bertz CT molecular complexity index is 316. The molecular formula is C14H24O3S. The fraction of sp³-hybridized carbons (Fsp3) is 0.929. The standard InChI is InChI=1S/C14H24O3S/c1-9-5-6-10-12(7-9)17-13(11(15)8-16-4)18-14(10,2)3/h9-10,12-13H,5-8H2,1-4H3/t9-,10-,12-,13+/m1/s1. The first kappa shape index (κ1) is 14.4. The van der Waals surface area contributed by atoms with E-state index in [1.807, 2.05) is 0 Å². The maximum absolute atomic E-state index is 12.0. The summed E-state index contributed by atoms with van der Waals surface area (Å²) in [6, 6.07) is 0. The zero-order valence-corrected chi connectivity index (χ0v) is 12.6. The van der Waals surface area contributed by atoms with Crippen molar-refractivity contribution in [3.8, 4) is 0 Å². The number of ether oxygens (including phenoxy) is 2. The number of methoxy groups -OCH3 is 1. The molecule has 0 aromatic rings. The van der Waals surface area contributed by atoms with Crippen molar-refractivity contribution in [2.45, 2.75) is 56.3 Å². The molecule has 0 bridgehead atoms. The lowest BCUT2D eigenvalue weighted by atomic mass is 9.75. The summed E-state index contributed by atoms with van der Waals surface area (Å²) in [7, 11) is 1.56. The molecule has 3 nitrogen and oxygen atoms in total. The average Bonchev–Trinajstić information content (AvgIpc) is 2.27. The third-order valence-electron chi connectivity index (χ3n) is 4.21. The molecule has 0 N–H and O–H groups in total. The topological polar surface area (TPSA) is 35.5 Å². The molecule has 0 spiro atoms. The second kappa shape index (κ2) is 5.51. The summed E-state index contributed by atoms with van der Waals surface area (Å²) in [4.78, 5) is 12.0. The molecule has 1 saturated heterocycles. The van der Waals surface area contributed by atoms with Gasteiger partial charge in [-0.2, -0.15) is 0 Å². The van der Waals surface area contributed by atoms with Gasteiger partial charge in [-0.15, -0.1) is 11.8 Å². The summed E-state index contributed by atoms with van der Waals surface area (Å²) in [5, 5.41) is 0. The number of carbonyl (C=O) groups excluding carboxylic acids is 1. The maximum atomic E-state index is 12.0. The van der Waals surface area contributed by atoms with Gasteiger partial charge in [-0.1, -0.05) is 27.2 Å². The average molecular weight is 272 g/mol. The Labute approximate surface area is 114 Å². The molecular weight excluding hydrogens is 248 g/mol. The number of Topliss-reactive ketones (excluding diaryl/α,β-unsaturated/α-hetero) is 1. The molecule has 1 aliphatic carbocycles. The second-order valence-electron chi connectivity index (χ2n) is 6.15. The first-order valence-corrected chi connectivity index (χ1v) is 7.67. The fourth-order valence-corrected chi connectivity index (χ4v) is 4.57. The Morgan fingerprint density at radius 1 is 1.44 bits per heavy atom. The molecule has 2 fully saturated rings. The van der Waals surface area contributed by atoms with Crippen LogP contribution in [0.1, 0.15) is 40.0 Å². The van der Waals surface area contributed by atoms with Gasteiger partial charge in [0.05, 0.1) is 6.10 Å². The van der Waals surface area contributed by atoms with Crippen LogP contribution in [0.2, 0.25) is 0 Å². The van der Waals surface area contributed by atoms with Crippen LogP contribution >= 0.6 is 11.8 Å². The quantitative estimate of drug-likeness (QED) is 0.791. The van der Waals surface area contributed by atoms with E-state index in [0.717, 1.165) is 6.42 Å². The van der Waals surface area contributed by atoms with Crippen molar-refractivity contribution in [1.29, 1.82) is 0 Å². The van der Waals surface area contributed by atoms with E-state index in [1.165, 1.54) is 12.8 Å². The third-order valence-corrected chi connectivity index (χ3v) is 5.70. The van der Waals surface area contributed by atoms with E-state index >= 15 is 0 Å². The molecule has 0 aromatic heterocycles. The van der Waals surface area contributed by atoms with Crippen LogP contribution in [-0.2, 0) is 14.3 Å². The van der Waals surface area contributed by atoms with Crippen LogP contribution in [0.15, 0.2) is 0 Å². The molecule has 104 valence electrons. The number of hydrogen-bond acceptors (Lipinski definition) is 4. The molecule has 1 aliphatic heterocycles. The van der Waals surface area contributed by atoms with Crippen LogP contribution in [0.3, 0.4) is 0 Å². The minimum absolute atomic E-state index is 0.0623. The van der Waals surface area contributed by atoms with Gasteiger partial charge in [0.1, 0.15) is 6.61 Å². The van der Waals surface area contributed by atoms with Crippen LogP contribution in [0.25, 0.3) is 0 Å². The number of fused-ring (bicyclic) bond motifs is 1. The molecule has 0 radical (unpaired) electrons. The highest BCUT2D eigenvalue weighted by Crippen LogP contribution is 2.50. The zero-order chi connectivity index (χ0) is 13.3. The molecule has 0 aromatic carbocycles. The van der Waals surface area contributed by atoms with E-state index in [0.29, 0.717) is 11.8 Å². The van der Waals surface area contributed by atoms with Crippen LogP contribution < -0.4 is 0 Å². The highest BCUT2D eigenvalue weighted by molar-refractivity contribution is 8.01. The Morgan fingerprint density at radius 3 is 2.83 bits per heavy atom. The SMILES string of the molecule is COCC(=O)[C@H]1O[C@@H]2C[C@H](C)CC[C@H]2C(C)(C)S1. The van der Waals surface area contributed by atoms with Gasteiger partial charge in [0.15, 0.2) is 11.2 Å². The Kier molecular flexibility index (Phi) is 4.40. The lowest BCUT2D eigenvalue weighted by molar-refractivity contribution is -0.137. The van der Waals surface area contributed by atoms with Gasteiger partial charge in [0.25, 0.3) is 0 Å². The van der Waals surface area contributed by atoms with Crippen LogP contribution in [0.4, 0.5) is 0 Å². The van der Waals surface area contributed by atoms with Gasteiger partial charge in [-0.25, -0.2) is 0 Å². The number of carbonyl (C=O) groups is 1. The number of ketones is 1. The number of hydrogen-bond donors (Lipinski definition) is 0. The van der Waals surface area contributed by atoms with Crippen molar-refractivity contribution in [3.05, 3.63) is 0 Å². The second-order valence-corrected chi connectivity index (χ2v) is 7.87. The summed E-state index contributed by atoms with van der Waals surface area (Å²) in [6.07, 6.45) is 3.84. The molecule has 4 heteroatoms. The summed E-state index contributed by atoms with van der Waals surface area (Å²) < 4.78 is 11.1. The minimum atomic E-state index is -0.341. The molecule has 1 saturated carbocycles. The molecule has 2 aliphatic rings. The van der Waals surface area contributed by atoms with E-state index in [1.54, 1.807) is 18.9 Å². The lowest BCUT2D eigenvalue weighted by Gasteiger charge is -2.49. The predicted octanol–water partition coefficient (Wildman–Crippen LogP) is 2.87. The number of thioether (sulfide) groups is 1. The first-order valence-electron chi connectivity index (χ1n) is 6.79. The van der Waals surface area contributed by atoms with Crippen molar-refractivity contribution in [2.24, 2.45) is 11.8 Å². The summed E-state index contributed by atoms with van der Waals surface area (Å²) in [6.45, 7) is 6.93. The van der Waals surface area contributed by atoms with Gasteiger partial charge in [-0.3, -0.25) is 4.79 Å². The van der Waals surface area contributed by atoms with E-state index in [9.17, 15) is 4.79 Å². The van der Waals surface area contributed by atoms with Crippen molar-refractivity contribution in [3.63, 3.8) is 0 Å². The lowest BCUT2D eigenvalue weighted by Crippen LogP contribution is -2.51. The first-order chi connectivity index (χ1) is 8.44. The fourth-order valence-electron chi connectivity index (χ4n) is 3.18. The largest absolute Gasteiger partial charge is 0.377 e. The normalized spacial score (nSPS) is 39.1. The van der Waals surface area contributed by atoms with Crippen LogP contribution in [0, 0.1) is 11.8 Å². The molecule has 0 unspecified atom stereocenters. The summed E-state index contributed by atoms with van der Waals surface area (Å²) in [5.41, 5.74) is -0.341. The van der Waals surface area contributed by atoms with E-state index in [4.69, 9.17) is 9.47 Å². The molecule has 18 heavy (non-hydrogen) atoms. The predicted molar refractivity (Wildman–Crippen MR) is 73.7 cm³/mol. The van der Waals surface area contributed by atoms with E-state index in [2.05, 4.69) is 20.8 Å². The van der Waals surface area contributed by atoms with Crippen molar-refractivity contribution < 1.29 is 14.3 Å². The van der Waals surface area contributed by atoms with Crippen LogP contribution in [-0.4, -0.2) is 35.8 Å². The summed E-state index contributed by atoms with van der Waals surface area (Å²) >= 11 is 1.67. The van der Waals surface area contributed by atoms with Crippen molar-refractivity contribution in [2.75, 3.05) is 13.7 Å². The van der Waals surface area contributed by atoms with Crippen LogP contribution in [0.5, 0.6) is 0 Å². The monoisotopic (exact) mass is 272 g/mol. The van der Waals surface area contributed by atoms with Crippen molar-refractivity contribution in [1.82, 2.24) is 0 Å². The maximum Gasteiger partial charge on any atom is 0.197 e. The van der Waals surface area contributed by atoms with Crippen molar-refractivity contribution >= 4 is 17.5 Å². The van der Waals surface area contributed by atoms with Gasteiger partial charge < -0.3 is 9.47 Å². The molecule has 0 amide bonds. The molecule has 2 rings (SSSR count). The summed E-state index contributed by atoms with van der Waals surface area (Å²) in [5.74, 6) is 1.35. The van der Waals surface area contributed by atoms with Gasteiger partial charge in [0.2, 0.25) is 0 Å². The number of rotatable bonds is 3. The molecule has 1 heterocycles. The zero-order valence-electron chi connectivity index (χ0n) is 11.8. The minimum Gasteiger partial charge on any atom is -0.377 e. The van der Waals surface area contributed by atoms with E-state index < -0.39 is 0 Å². The van der Waals surface area contributed by atoms with Gasteiger partial charge >= 0.3 is 0 Å². The Morgan fingerprint density at radius 2 is 2.17 bits per heavy atom. The Hall–Kier alpha value is -0.0600.